The molecule has 2 aromatic carbocycles. The van der Waals surface area contributed by atoms with Crippen LogP contribution in [-0.2, 0) is 22.5 Å². The van der Waals surface area contributed by atoms with Crippen molar-refractivity contribution in [1.29, 1.82) is 0 Å². The van der Waals surface area contributed by atoms with E-state index in [1.165, 1.54) is 5.56 Å². The lowest BCUT2D eigenvalue weighted by molar-refractivity contribution is -0.115. The Morgan fingerprint density at radius 1 is 1.00 bits per heavy atom. The number of halogens is 1. The number of hydrogen-bond donors (Lipinski definition) is 1. The maximum absolute atomic E-state index is 12.4. The molecule has 148 valence electrons. The minimum atomic E-state index is -0.103. The van der Waals surface area contributed by atoms with Gasteiger partial charge in [-0.3, -0.25) is 9.69 Å². The number of benzene rings is 2. The van der Waals surface area contributed by atoms with Crippen molar-refractivity contribution in [3.63, 3.8) is 0 Å². The van der Waals surface area contributed by atoms with Gasteiger partial charge >= 0.3 is 0 Å². The summed E-state index contributed by atoms with van der Waals surface area (Å²) < 4.78 is 16.4. The van der Waals surface area contributed by atoms with E-state index in [1.807, 2.05) is 30.3 Å². The molecule has 4 rings (SSSR count). The maximum atomic E-state index is 12.4. The van der Waals surface area contributed by atoms with E-state index in [0.29, 0.717) is 29.7 Å². The molecule has 28 heavy (non-hydrogen) atoms. The van der Waals surface area contributed by atoms with Gasteiger partial charge < -0.3 is 19.5 Å². The van der Waals surface area contributed by atoms with Crippen molar-refractivity contribution in [3.05, 3.63) is 52.5 Å². The fraction of sp³-hybridized carbons (Fsp3) is 0.381. The summed E-state index contributed by atoms with van der Waals surface area (Å²) in [6.45, 7) is 5.35. The molecule has 0 aromatic heterocycles. The van der Waals surface area contributed by atoms with Crippen molar-refractivity contribution in [2.75, 3.05) is 44.8 Å². The van der Waals surface area contributed by atoms with Crippen LogP contribution in [0.3, 0.4) is 0 Å². The van der Waals surface area contributed by atoms with Crippen LogP contribution in [0.4, 0.5) is 5.69 Å². The Morgan fingerprint density at radius 2 is 1.75 bits per heavy atom. The highest BCUT2D eigenvalue weighted by Crippen LogP contribution is 2.38. The molecule has 0 radical (unpaired) electrons. The third kappa shape index (κ3) is 4.76. The van der Waals surface area contributed by atoms with Crippen LogP contribution < -0.4 is 14.8 Å². The van der Waals surface area contributed by atoms with Crippen LogP contribution in [0, 0.1) is 0 Å². The largest absolute Gasteiger partial charge is 0.486 e. The monoisotopic (exact) mass is 402 g/mol. The van der Waals surface area contributed by atoms with Gasteiger partial charge in [0.1, 0.15) is 13.2 Å². The van der Waals surface area contributed by atoms with Gasteiger partial charge in [-0.1, -0.05) is 23.7 Å². The zero-order chi connectivity index (χ0) is 19.3. The first-order valence-electron chi connectivity index (χ1n) is 9.44. The highest BCUT2D eigenvalue weighted by atomic mass is 35.5. The van der Waals surface area contributed by atoms with E-state index in [-0.39, 0.29) is 12.3 Å². The Hall–Kier alpha value is -2.28. The van der Waals surface area contributed by atoms with Crippen molar-refractivity contribution in [2.24, 2.45) is 0 Å². The van der Waals surface area contributed by atoms with Crippen molar-refractivity contribution in [1.82, 2.24) is 4.90 Å². The van der Waals surface area contributed by atoms with Crippen molar-refractivity contribution in [2.45, 2.75) is 13.0 Å². The maximum Gasteiger partial charge on any atom is 0.228 e. The molecule has 1 fully saturated rings. The molecule has 1 N–H and O–H groups in total. The lowest BCUT2D eigenvalue weighted by Gasteiger charge is -2.26. The van der Waals surface area contributed by atoms with Crippen LogP contribution in [0.5, 0.6) is 11.5 Å². The first-order valence-corrected chi connectivity index (χ1v) is 9.82. The van der Waals surface area contributed by atoms with Crippen LogP contribution in [0.25, 0.3) is 0 Å². The highest BCUT2D eigenvalue weighted by molar-refractivity contribution is 6.32. The number of hydrogen-bond acceptors (Lipinski definition) is 5. The van der Waals surface area contributed by atoms with Gasteiger partial charge in [0.2, 0.25) is 5.91 Å². The summed E-state index contributed by atoms with van der Waals surface area (Å²) in [6.07, 6.45) is 0.214. The standard InChI is InChI=1S/C21H23ClN2O4/c22-18-11-16(12-19-21(18)28-10-9-27-19)13-20(25)23-17-3-1-15(2-4-17)14-24-5-7-26-8-6-24/h1-4,11-12H,5-10,13-14H2,(H,23,25). The molecular weight excluding hydrogens is 380 g/mol. The summed E-state index contributed by atoms with van der Waals surface area (Å²) in [5.41, 5.74) is 2.79. The summed E-state index contributed by atoms with van der Waals surface area (Å²) in [7, 11) is 0. The molecule has 0 spiro atoms. The predicted molar refractivity (Wildman–Crippen MR) is 107 cm³/mol. The number of ether oxygens (including phenoxy) is 3. The van der Waals surface area contributed by atoms with Gasteiger partial charge in [-0.15, -0.1) is 0 Å². The third-order valence-electron chi connectivity index (χ3n) is 4.77. The van der Waals surface area contributed by atoms with Gasteiger partial charge in [0, 0.05) is 25.3 Å². The van der Waals surface area contributed by atoms with Crippen molar-refractivity contribution >= 4 is 23.2 Å². The molecule has 0 bridgehead atoms. The molecule has 1 saturated heterocycles. The molecule has 0 atom stereocenters. The Labute approximate surface area is 169 Å². The van der Waals surface area contributed by atoms with E-state index in [4.69, 9.17) is 25.8 Å². The summed E-state index contributed by atoms with van der Waals surface area (Å²) in [5, 5.41) is 3.40. The number of nitrogens with one attached hydrogen (secondary N) is 1. The molecule has 0 saturated carbocycles. The van der Waals surface area contributed by atoms with Gasteiger partial charge in [0.15, 0.2) is 11.5 Å². The Balaban J connectivity index is 1.34. The van der Waals surface area contributed by atoms with E-state index < -0.39 is 0 Å². The van der Waals surface area contributed by atoms with Crippen LogP contribution >= 0.6 is 11.6 Å². The third-order valence-corrected chi connectivity index (χ3v) is 5.05. The SMILES string of the molecule is O=C(Cc1cc(Cl)c2c(c1)OCCO2)Nc1ccc(CN2CCOCC2)cc1. The quantitative estimate of drug-likeness (QED) is 0.832. The lowest BCUT2D eigenvalue weighted by atomic mass is 10.1. The molecule has 1 amide bonds. The van der Waals surface area contributed by atoms with Crippen LogP contribution in [0.15, 0.2) is 36.4 Å². The number of nitrogens with zero attached hydrogens (tertiary/aromatic N) is 1. The summed E-state index contributed by atoms with van der Waals surface area (Å²) in [5.74, 6) is 1.04. The minimum absolute atomic E-state index is 0.103. The molecule has 2 aromatic rings. The molecule has 2 heterocycles. The number of fused-ring (bicyclic) bond motifs is 1. The zero-order valence-corrected chi connectivity index (χ0v) is 16.3. The Morgan fingerprint density at radius 3 is 2.54 bits per heavy atom. The summed E-state index contributed by atoms with van der Waals surface area (Å²) in [6, 6.07) is 11.5. The molecular formula is C21H23ClN2O4. The summed E-state index contributed by atoms with van der Waals surface area (Å²) in [4.78, 5) is 14.8. The molecule has 7 heteroatoms. The average Bonchev–Trinajstić information content (AvgIpc) is 2.70. The van der Waals surface area contributed by atoms with Gasteiger partial charge in [0.05, 0.1) is 24.7 Å². The second-order valence-electron chi connectivity index (χ2n) is 6.91. The number of carbonyl (C=O) groups is 1. The van der Waals surface area contributed by atoms with E-state index in [1.54, 1.807) is 6.07 Å². The number of amides is 1. The van der Waals surface area contributed by atoms with E-state index in [9.17, 15) is 4.79 Å². The van der Waals surface area contributed by atoms with E-state index in [2.05, 4.69) is 10.2 Å². The summed E-state index contributed by atoms with van der Waals surface area (Å²) >= 11 is 6.24. The number of anilines is 1. The topological polar surface area (TPSA) is 60.0 Å². The molecule has 0 aliphatic carbocycles. The fourth-order valence-corrected chi connectivity index (χ4v) is 3.66. The van der Waals surface area contributed by atoms with Gasteiger partial charge in [-0.2, -0.15) is 0 Å². The van der Waals surface area contributed by atoms with Gasteiger partial charge in [-0.05, 0) is 35.4 Å². The van der Waals surface area contributed by atoms with Crippen molar-refractivity contribution < 1.29 is 19.0 Å². The average molecular weight is 403 g/mol. The zero-order valence-electron chi connectivity index (χ0n) is 15.6. The van der Waals surface area contributed by atoms with Crippen LogP contribution in [0.2, 0.25) is 5.02 Å². The van der Waals surface area contributed by atoms with E-state index in [0.717, 1.165) is 44.1 Å². The van der Waals surface area contributed by atoms with Crippen LogP contribution in [-0.4, -0.2) is 50.3 Å². The molecule has 0 unspecified atom stereocenters. The Bertz CT molecular complexity index is 835. The van der Waals surface area contributed by atoms with Gasteiger partial charge in [-0.25, -0.2) is 0 Å². The lowest BCUT2D eigenvalue weighted by Crippen LogP contribution is -2.35. The second kappa shape index (κ2) is 8.82. The first-order chi connectivity index (χ1) is 13.7. The Kier molecular flexibility index (Phi) is 6.00. The molecule has 2 aliphatic heterocycles. The smallest absolute Gasteiger partial charge is 0.228 e. The molecule has 6 nitrogen and oxygen atoms in total. The van der Waals surface area contributed by atoms with E-state index >= 15 is 0 Å². The highest BCUT2D eigenvalue weighted by Gasteiger charge is 2.18. The number of rotatable bonds is 5. The predicted octanol–water partition coefficient (Wildman–Crippen LogP) is 3.12. The fourth-order valence-electron chi connectivity index (χ4n) is 3.37. The normalized spacial score (nSPS) is 16.6. The first kappa shape index (κ1) is 19.1. The van der Waals surface area contributed by atoms with Gasteiger partial charge in [0.25, 0.3) is 0 Å². The number of morpholine rings is 1. The number of carbonyl (C=O) groups excluding carboxylic acids is 1. The van der Waals surface area contributed by atoms with Crippen molar-refractivity contribution in [3.8, 4) is 11.5 Å². The molecule has 2 aliphatic rings. The second-order valence-corrected chi connectivity index (χ2v) is 7.32. The minimum Gasteiger partial charge on any atom is -0.486 e. The van der Waals surface area contributed by atoms with Crippen LogP contribution in [0.1, 0.15) is 11.1 Å².